The van der Waals surface area contributed by atoms with E-state index in [9.17, 15) is 9.59 Å². The number of nitrogens with one attached hydrogen (secondary N) is 1. The first-order chi connectivity index (χ1) is 12.6. The molecule has 0 aromatic heterocycles. The van der Waals surface area contributed by atoms with E-state index in [0.29, 0.717) is 6.54 Å². The molecule has 1 amide bonds. The lowest BCUT2D eigenvalue weighted by Gasteiger charge is -2.27. The Morgan fingerprint density at radius 1 is 1.00 bits per heavy atom. The largest absolute Gasteiger partial charge is 0.455 e. The van der Waals surface area contributed by atoms with Gasteiger partial charge in [-0.3, -0.25) is 9.59 Å². The van der Waals surface area contributed by atoms with Crippen LogP contribution in [-0.4, -0.2) is 18.5 Å². The van der Waals surface area contributed by atoms with E-state index in [4.69, 9.17) is 4.74 Å². The number of carbonyl (C=O) groups excluding carboxylic acids is 2. The molecule has 0 unspecified atom stereocenters. The van der Waals surface area contributed by atoms with Gasteiger partial charge in [-0.1, -0.05) is 67.4 Å². The van der Waals surface area contributed by atoms with Crippen LogP contribution in [0, 0.1) is 6.92 Å². The molecule has 1 fully saturated rings. The van der Waals surface area contributed by atoms with E-state index in [2.05, 4.69) is 5.32 Å². The predicted octanol–water partition coefficient (Wildman–Crippen LogP) is 3.67. The highest BCUT2D eigenvalue weighted by atomic mass is 16.5. The average Bonchev–Trinajstić information content (AvgIpc) is 3.17. The first-order valence-electron chi connectivity index (χ1n) is 9.16. The molecule has 0 heterocycles. The predicted molar refractivity (Wildman–Crippen MR) is 101 cm³/mol. The van der Waals surface area contributed by atoms with Gasteiger partial charge >= 0.3 is 5.97 Å². The summed E-state index contributed by atoms with van der Waals surface area (Å²) in [6.45, 7) is 2.21. The molecule has 1 N–H and O–H groups in total. The minimum Gasteiger partial charge on any atom is -0.455 e. The van der Waals surface area contributed by atoms with Gasteiger partial charge < -0.3 is 10.1 Å². The maximum atomic E-state index is 12.8. The van der Waals surface area contributed by atoms with E-state index >= 15 is 0 Å². The zero-order chi connectivity index (χ0) is 18.4. The summed E-state index contributed by atoms with van der Waals surface area (Å²) >= 11 is 0. The molecule has 0 radical (unpaired) electrons. The lowest BCUT2D eigenvalue weighted by atomic mass is 9.79. The number of hydrogen-bond acceptors (Lipinski definition) is 3. The quantitative estimate of drug-likeness (QED) is 0.808. The molecule has 1 aliphatic rings. The topological polar surface area (TPSA) is 55.4 Å². The Bertz CT molecular complexity index is 764. The highest BCUT2D eigenvalue weighted by Crippen LogP contribution is 2.42. The Kier molecular flexibility index (Phi) is 5.71. The summed E-state index contributed by atoms with van der Waals surface area (Å²) in [4.78, 5) is 24.9. The van der Waals surface area contributed by atoms with Crippen LogP contribution in [0.25, 0.3) is 0 Å². The molecular formula is C22H25NO3. The van der Waals surface area contributed by atoms with E-state index in [1.54, 1.807) is 0 Å². The third-order valence-electron chi connectivity index (χ3n) is 5.25. The smallest absolute Gasteiger partial charge is 0.317 e. The Balaban J connectivity index is 1.57. The third kappa shape index (κ3) is 3.96. The molecule has 136 valence electrons. The van der Waals surface area contributed by atoms with Crippen LogP contribution in [-0.2, 0) is 26.3 Å². The summed E-state index contributed by atoms with van der Waals surface area (Å²) in [5.74, 6) is -0.560. The van der Waals surface area contributed by atoms with Crippen LogP contribution in [0.2, 0.25) is 0 Å². The fourth-order valence-electron chi connectivity index (χ4n) is 3.67. The number of aryl methyl sites for hydroxylation is 1. The molecule has 0 atom stereocenters. The Morgan fingerprint density at radius 3 is 2.35 bits per heavy atom. The molecular weight excluding hydrogens is 326 g/mol. The summed E-state index contributed by atoms with van der Waals surface area (Å²) in [6, 6.07) is 17.7. The van der Waals surface area contributed by atoms with E-state index in [0.717, 1.165) is 42.4 Å². The molecule has 26 heavy (non-hydrogen) atoms. The van der Waals surface area contributed by atoms with Gasteiger partial charge in [0.15, 0.2) is 6.61 Å². The molecule has 4 nitrogen and oxygen atoms in total. The lowest BCUT2D eigenvalue weighted by molar-refractivity contribution is -0.154. The number of benzene rings is 2. The number of amides is 1. The van der Waals surface area contributed by atoms with Crippen LogP contribution >= 0.6 is 0 Å². The monoisotopic (exact) mass is 351 g/mol. The number of esters is 1. The minimum atomic E-state index is -0.600. The molecule has 3 rings (SSSR count). The first kappa shape index (κ1) is 18.2. The van der Waals surface area contributed by atoms with Gasteiger partial charge in [0.2, 0.25) is 0 Å². The molecule has 2 aromatic rings. The van der Waals surface area contributed by atoms with Crippen molar-refractivity contribution in [2.75, 3.05) is 6.61 Å². The van der Waals surface area contributed by atoms with E-state index in [-0.39, 0.29) is 18.5 Å². The summed E-state index contributed by atoms with van der Waals surface area (Å²) in [6.07, 6.45) is 3.56. The van der Waals surface area contributed by atoms with Crippen LogP contribution in [0.5, 0.6) is 0 Å². The molecule has 1 aliphatic carbocycles. The molecule has 0 bridgehead atoms. The summed E-state index contributed by atoms with van der Waals surface area (Å²) in [5.41, 5.74) is 2.57. The second-order valence-corrected chi connectivity index (χ2v) is 6.93. The van der Waals surface area contributed by atoms with Gasteiger partial charge in [-0.05, 0) is 36.5 Å². The van der Waals surface area contributed by atoms with Crippen molar-refractivity contribution >= 4 is 11.9 Å². The molecule has 0 spiro atoms. The standard InChI is InChI=1S/C22H25NO3/c1-17-9-5-6-10-18(17)15-23-20(24)16-26-21(25)22(13-7-8-14-22)19-11-3-2-4-12-19/h2-6,9-12H,7-8,13-16H2,1H3,(H,23,24). The summed E-state index contributed by atoms with van der Waals surface area (Å²) < 4.78 is 5.41. The minimum absolute atomic E-state index is 0.237. The van der Waals surface area contributed by atoms with Crippen LogP contribution in [0.15, 0.2) is 54.6 Å². The van der Waals surface area contributed by atoms with Gasteiger partial charge in [-0.25, -0.2) is 0 Å². The van der Waals surface area contributed by atoms with Crippen molar-refractivity contribution < 1.29 is 14.3 Å². The third-order valence-corrected chi connectivity index (χ3v) is 5.25. The average molecular weight is 351 g/mol. The highest BCUT2D eigenvalue weighted by Gasteiger charge is 2.44. The van der Waals surface area contributed by atoms with Crippen molar-refractivity contribution in [3.63, 3.8) is 0 Å². The van der Waals surface area contributed by atoms with Gasteiger partial charge in [-0.15, -0.1) is 0 Å². The second-order valence-electron chi connectivity index (χ2n) is 6.93. The van der Waals surface area contributed by atoms with E-state index in [1.807, 2.05) is 61.5 Å². The molecule has 0 saturated heterocycles. The highest BCUT2D eigenvalue weighted by molar-refractivity contribution is 5.86. The van der Waals surface area contributed by atoms with Crippen molar-refractivity contribution in [2.24, 2.45) is 0 Å². The molecule has 1 saturated carbocycles. The lowest BCUT2D eigenvalue weighted by Crippen LogP contribution is -2.37. The fraction of sp³-hybridized carbons (Fsp3) is 0.364. The van der Waals surface area contributed by atoms with Crippen LogP contribution in [0.4, 0.5) is 0 Å². The van der Waals surface area contributed by atoms with Crippen LogP contribution in [0.1, 0.15) is 42.4 Å². The van der Waals surface area contributed by atoms with Gasteiger partial charge in [0, 0.05) is 6.54 Å². The fourth-order valence-corrected chi connectivity index (χ4v) is 3.67. The molecule has 0 aliphatic heterocycles. The van der Waals surface area contributed by atoms with Gasteiger partial charge in [-0.2, -0.15) is 0 Å². The molecule has 2 aromatic carbocycles. The zero-order valence-corrected chi connectivity index (χ0v) is 15.2. The van der Waals surface area contributed by atoms with Gasteiger partial charge in [0.25, 0.3) is 5.91 Å². The van der Waals surface area contributed by atoms with Crippen molar-refractivity contribution in [3.05, 3.63) is 71.3 Å². The van der Waals surface area contributed by atoms with E-state index < -0.39 is 5.41 Å². The van der Waals surface area contributed by atoms with Gasteiger partial charge in [0.1, 0.15) is 0 Å². The van der Waals surface area contributed by atoms with Crippen molar-refractivity contribution in [2.45, 2.75) is 44.6 Å². The maximum Gasteiger partial charge on any atom is 0.317 e. The van der Waals surface area contributed by atoms with Crippen molar-refractivity contribution in [1.82, 2.24) is 5.32 Å². The number of hydrogen-bond donors (Lipinski definition) is 1. The zero-order valence-electron chi connectivity index (χ0n) is 15.2. The van der Waals surface area contributed by atoms with Gasteiger partial charge in [0.05, 0.1) is 5.41 Å². The van der Waals surface area contributed by atoms with Crippen molar-refractivity contribution in [3.8, 4) is 0 Å². The van der Waals surface area contributed by atoms with E-state index in [1.165, 1.54) is 0 Å². The second kappa shape index (κ2) is 8.17. The Morgan fingerprint density at radius 2 is 1.65 bits per heavy atom. The summed E-state index contributed by atoms with van der Waals surface area (Å²) in [5, 5.41) is 2.82. The number of ether oxygens (including phenoxy) is 1. The van der Waals surface area contributed by atoms with Crippen LogP contribution in [0.3, 0.4) is 0 Å². The Labute approximate surface area is 154 Å². The van der Waals surface area contributed by atoms with Crippen molar-refractivity contribution in [1.29, 1.82) is 0 Å². The maximum absolute atomic E-state index is 12.8. The Hall–Kier alpha value is -2.62. The number of carbonyl (C=O) groups is 2. The number of rotatable bonds is 6. The van der Waals surface area contributed by atoms with Crippen LogP contribution < -0.4 is 5.32 Å². The first-order valence-corrected chi connectivity index (χ1v) is 9.16. The molecule has 4 heteroatoms. The summed E-state index contributed by atoms with van der Waals surface area (Å²) in [7, 11) is 0. The SMILES string of the molecule is Cc1ccccc1CNC(=O)COC(=O)C1(c2ccccc2)CCCC1. The normalized spacial score (nSPS) is 15.4.